The second kappa shape index (κ2) is 5.38. The number of pyridine rings is 1. The summed E-state index contributed by atoms with van der Waals surface area (Å²) in [6.45, 7) is 7.19. The molecule has 18 heavy (non-hydrogen) atoms. The average Bonchev–Trinajstić information content (AvgIpc) is 3.03. The molecule has 0 aliphatic heterocycles. The lowest BCUT2D eigenvalue weighted by molar-refractivity contribution is 0.193. The molecule has 0 saturated heterocycles. The first-order valence-electron chi connectivity index (χ1n) is 6.55. The maximum Gasteiger partial charge on any atom is 0.322 e. The van der Waals surface area contributed by atoms with Crippen LogP contribution in [-0.2, 0) is 0 Å². The summed E-state index contributed by atoms with van der Waals surface area (Å²) in [7, 11) is 0. The first kappa shape index (κ1) is 12.9. The molecule has 98 valence electrons. The molecule has 1 heterocycles. The largest absolute Gasteiger partial charge is 0.322 e. The minimum Gasteiger partial charge on any atom is -0.322 e. The predicted octanol–water partition coefficient (Wildman–Crippen LogP) is 2.98. The smallest absolute Gasteiger partial charge is 0.322 e. The van der Waals surface area contributed by atoms with Gasteiger partial charge in [-0.15, -0.1) is 0 Å². The number of nitrogens with one attached hydrogen (secondary N) is 1. The molecule has 1 aromatic heterocycles. The van der Waals surface area contributed by atoms with E-state index in [1.807, 2.05) is 17.0 Å². The molecule has 2 atom stereocenters. The number of hydrogen-bond donors (Lipinski definition) is 1. The lowest BCUT2D eigenvalue weighted by Crippen LogP contribution is -2.41. The van der Waals surface area contributed by atoms with Gasteiger partial charge < -0.3 is 10.2 Å². The van der Waals surface area contributed by atoms with Crippen LogP contribution >= 0.6 is 0 Å². The van der Waals surface area contributed by atoms with E-state index in [0.29, 0.717) is 5.92 Å². The number of nitrogens with zero attached hydrogens (tertiary/aromatic N) is 2. The molecule has 1 aliphatic carbocycles. The van der Waals surface area contributed by atoms with Gasteiger partial charge in [0.05, 0.1) is 11.9 Å². The Morgan fingerprint density at radius 2 is 2.33 bits per heavy atom. The molecule has 1 N–H and O–H groups in total. The summed E-state index contributed by atoms with van der Waals surface area (Å²) in [4.78, 5) is 18.1. The van der Waals surface area contributed by atoms with Crippen molar-refractivity contribution in [3.63, 3.8) is 0 Å². The maximum atomic E-state index is 12.2. The molecule has 0 radical (unpaired) electrons. The maximum absolute atomic E-state index is 12.2. The van der Waals surface area contributed by atoms with Crippen LogP contribution in [0.1, 0.15) is 27.2 Å². The monoisotopic (exact) mass is 247 g/mol. The van der Waals surface area contributed by atoms with E-state index in [9.17, 15) is 4.79 Å². The highest BCUT2D eigenvalue weighted by Gasteiger charge is 2.35. The molecule has 1 fully saturated rings. The topological polar surface area (TPSA) is 45.2 Å². The Morgan fingerprint density at radius 3 is 2.83 bits per heavy atom. The highest BCUT2D eigenvalue weighted by molar-refractivity contribution is 5.89. The van der Waals surface area contributed by atoms with Gasteiger partial charge in [0.1, 0.15) is 0 Å². The van der Waals surface area contributed by atoms with Crippen LogP contribution in [0.4, 0.5) is 10.5 Å². The summed E-state index contributed by atoms with van der Waals surface area (Å²) in [5.74, 6) is 1.43. The summed E-state index contributed by atoms with van der Waals surface area (Å²) in [6, 6.07) is 3.85. The third kappa shape index (κ3) is 3.22. The number of rotatable bonds is 4. The van der Waals surface area contributed by atoms with Gasteiger partial charge in [0.25, 0.3) is 0 Å². The first-order chi connectivity index (χ1) is 8.58. The van der Waals surface area contributed by atoms with E-state index >= 15 is 0 Å². The second-order valence-corrected chi connectivity index (χ2v) is 5.39. The molecule has 0 aromatic carbocycles. The normalized spacial score (nSPS) is 21.8. The van der Waals surface area contributed by atoms with Crippen molar-refractivity contribution >= 4 is 11.7 Å². The van der Waals surface area contributed by atoms with Gasteiger partial charge in [-0.25, -0.2) is 4.79 Å². The van der Waals surface area contributed by atoms with Gasteiger partial charge in [-0.05, 0) is 44.2 Å². The van der Waals surface area contributed by atoms with Crippen molar-refractivity contribution in [2.24, 2.45) is 11.8 Å². The molecule has 1 aliphatic rings. The van der Waals surface area contributed by atoms with Crippen LogP contribution in [0, 0.1) is 11.8 Å². The fourth-order valence-electron chi connectivity index (χ4n) is 2.07. The Bertz CT molecular complexity index is 405. The first-order valence-corrected chi connectivity index (χ1v) is 6.55. The summed E-state index contributed by atoms with van der Waals surface area (Å²) < 4.78 is 0. The van der Waals surface area contributed by atoms with E-state index in [1.54, 1.807) is 12.4 Å². The zero-order valence-corrected chi connectivity index (χ0v) is 11.3. The Morgan fingerprint density at radius 1 is 1.61 bits per heavy atom. The number of aromatic nitrogens is 1. The van der Waals surface area contributed by atoms with Gasteiger partial charge in [-0.1, -0.05) is 6.92 Å². The van der Waals surface area contributed by atoms with E-state index < -0.39 is 0 Å². The molecular formula is C14H21N3O. The van der Waals surface area contributed by atoms with Crippen LogP contribution in [0.2, 0.25) is 0 Å². The molecule has 0 bridgehead atoms. The third-order valence-electron chi connectivity index (χ3n) is 3.50. The molecule has 0 unspecified atom stereocenters. The fourth-order valence-corrected chi connectivity index (χ4v) is 2.07. The van der Waals surface area contributed by atoms with Gasteiger partial charge in [0.15, 0.2) is 0 Å². The van der Waals surface area contributed by atoms with Crippen molar-refractivity contribution in [2.75, 3.05) is 11.9 Å². The fraction of sp³-hybridized carbons (Fsp3) is 0.571. The van der Waals surface area contributed by atoms with Gasteiger partial charge in [0, 0.05) is 18.8 Å². The average molecular weight is 247 g/mol. The number of carbonyl (C=O) groups is 1. The predicted molar refractivity (Wildman–Crippen MR) is 72.4 cm³/mol. The molecule has 1 aromatic rings. The van der Waals surface area contributed by atoms with Crippen molar-refractivity contribution in [3.8, 4) is 0 Å². The van der Waals surface area contributed by atoms with Crippen molar-refractivity contribution < 1.29 is 4.79 Å². The number of anilines is 1. The zero-order chi connectivity index (χ0) is 13.1. The molecule has 1 saturated carbocycles. The van der Waals surface area contributed by atoms with E-state index in [4.69, 9.17) is 0 Å². The van der Waals surface area contributed by atoms with Crippen LogP contribution in [0.3, 0.4) is 0 Å². The Hall–Kier alpha value is -1.58. The lowest BCUT2D eigenvalue weighted by Gasteiger charge is -2.27. The highest BCUT2D eigenvalue weighted by atomic mass is 16.2. The Kier molecular flexibility index (Phi) is 3.84. The molecular weight excluding hydrogens is 226 g/mol. The summed E-state index contributed by atoms with van der Waals surface area (Å²) in [5, 5.41) is 2.90. The minimum absolute atomic E-state index is 0.0305. The lowest BCUT2D eigenvalue weighted by atomic mass is 10.2. The zero-order valence-electron chi connectivity index (χ0n) is 11.3. The van der Waals surface area contributed by atoms with Crippen LogP contribution in [-0.4, -0.2) is 28.5 Å². The molecule has 0 spiro atoms. The summed E-state index contributed by atoms with van der Waals surface area (Å²) >= 11 is 0. The Labute approximate surface area is 108 Å². The van der Waals surface area contributed by atoms with Gasteiger partial charge in [-0.2, -0.15) is 0 Å². The molecule has 2 amide bonds. The summed E-state index contributed by atoms with van der Waals surface area (Å²) in [6.07, 6.45) is 4.60. The van der Waals surface area contributed by atoms with Crippen LogP contribution < -0.4 is 5.32 Å². The SMILES string of the molecule is CC(C)N(C[C@H]1C[C@H]1C)C(=O)Nc1cccnc1. The van der Waals surface area contributed by atoms with Crippen molar-refractivity contribution in [1.29, 1.82) is 0 Å². The quantitative estimate of drug-likeness (QED) is 0.889. The van der Waals surface area contributed by atoms with Crippen LogP contribution in [0.5, 0.6) is 0 Å². The van der Waals surface area contributed by atoms with Gasteiger partial charge in [0.2, 0.25) is 0 Å². The van der Waals surface area contributed by atoms with E-state index in [0.717, 1.165) is 18.2 Å². The number of carbonyl (C=O) groups excluding carboxylic acids is 1. The van der Waals surface area contributed by atoms with Crippen LogP contribution in [0.15, 0.2) is 24.5 Å². The van der Waals surface area contributed by atoms with Gasteiger partial charge >= 0.3 is 6.03 Å². The van der Waals surface area contributed by atoms with Gasteiger partial charge in [-0.3, -0.25) is 4.98 Å². The molecule has 4 heteroatoms. The van der Waals surface area contributed by atoms with Crippen molar-refractivity contribution in [1.82, 2.24) is 9.88 Å². The van der Waals surface area contributed by atoms with Crippen molar-refractivity contribution in [3.05, 3.63) is 24.5 Å². The third-order valence-corrected chi connectivity index (χ3v) is 3.50. The van der Waals surface area contributed by atoms with Crippen LogP contribution in [0.25, 0.3) is 0 Å². The highest BCUT2D eigenvalue weighted by Crippen LogP contribution is 2.38. The van der Waals surface area contributed by atoms with E-state index in [2.05, 4.69) is 31.1 Å². The molecule has 2 rings (SSSR count). The number of amides is 2. The van der Waals surface area contributed by atoms with Crippen molar-refractivity contribution in [2.45, 2.75) is 33.2 Å². The second-order valence-electron chi connectivity index (χ2n) is 5.39. The van der Waals surface area contributed by atoms with E-state index in [-0.39, 0.29) is 12.1 Å². The molecule has 4 nitrogen and oxygen atoms in total. The Balaban J connectivity index is 1.95. The minimum atomic E-state index is -0.0305. The standard InChI is InChI=1S/C14H21N3O/c1-10(2)17(9-12-7-11(12)3)14(18)16-13-5-4-6-15-8-13/h4-6,8,10-12H,7,9H2,1-3H3,(H,16,18)/t11-,12-/m1/s1. The number of urea groups is 1. The number of hydrogen-bond acceptors (Lipinski definition) is 2. The summed E-state index contributed by atoms with van der Waals surface area (Å²) in [5.41, 5.74) is 0.747. The van der Waals surface area contributed by atoms with E-state index in [1.165, 1.54) is 6.42 Å².